The summed E-state index contributed by atoms with van der Waals surface area (Å²) in [6.07, 6.45) is 3.18. The van der Waals surface area contributed by atoms with Gasteiger partial charge in [0.15, 0.2) is 10.9 Å². The number of hydrogen-bond donors (Lipinski definition) is 1. The smallest absolute Gasteiger partial charge is 0.244 e. The van der Waals surface area contributed by atoms with Crippen LogP contribution in [0.15, 0.2) is 71.0 Å². The minimum absolute atomic E-state index is 0.0363. The Morgan fingerprint density at radius 2 is 2.00 bits per heavy atom. The van der Waals surface area contributed by atoms with Crippen molar-refractivity contribution in [3.8, 4) is 5.75 Å². The zero-order chi connectivity index (χ0) is 21.8. The number of methoxy groups -OCH3 is 1. The summed E-state index contributed by atoms with van der Waals surface area (Å²) in [5, 5.41) is 13.6. The molecule has 0 unspecified atom stereocenters. The fraction of sp³-hybridized carbons (Fsp3) is 0.182. The predicted octanol–water partition coefficient (Wildman–Crippen LogP) is 3.07. The van der Waals surface area contributed by atoms with Gasteiger partial charge < -0.3 is 19.2 Å². The van der Waals surface area contributed by atoms with Crippen molar-refractivity contribution in [1.82, 2.24) is 19.3 Å². The molecule has 2 aromatic heterocycles. The highest BCUT2D eigenvalue weighted by Gasteiger charge is 2.13. The van der Waals surface area contributed by atoms with Crippen molar-refractivity contribution in [2.75, 3.05) is 12.4 Å². The van der Waals surface area contributed by atoms with Crippen LogP contribution in [-0.2, 0) is 24.1 Å². The lowest BCUT2D eigenvalue weighted by Crippen LogP contribution is -2.23. The van der Waals surface area contributed by atoms with Gasteiger partial charge >= 0.3 is 0 Å². The molecule has 0 spiro atoms. The number of fused-ring (bicyclic) bond motifs is 1. The molecule has 4 rings (SSSR count). The molecule has 1 N–H and O–H groups in total. The fourth-order valence-electron chi connectivity index (χ4n) is 3.24. The van der Waals surface area contributed by atoms with E-state index in [0.717, 1.165) is 21.6 Å². The standard InChI is InChI=1S/C22H21N5O3S/c1-26-14-23-25-22(26)31-13-16-10-19(28)20(30-2)11-27(16)12-21(29)24-18-9-5-7-15-6-3-4-8-17(15)18/h3-11,14H,12-13H2,1-2H3,(H,24,29). The van der Waals surface area contributed by atoms with Crippen LogP contribution in [0.1, 0.15) is 5.69 Å². The van der Waals surface area contributed by atoms with E-state index in [1.165, 1.54) is 24.9 Å². The molecule has 4 aromatic rings. The van der Waals surface area contributed by atoms with Crippen LogP contribution in [-0.4, -0.2) is 32.3 Å². The molecule has 31 heavy (non-hydrogen) atoms. The second-order valence-electron chi connectivity index (χ2n) is 6.91. The first kappa shape index (κ1) is 20.7. The number of ether oxygens (including phenoxy) is 1. The maximum absolute atomic E-state index is 12.9. The van der Waals surface area contributed by atoms with Crippen molar-refractivity contribution in [3.63, 3.8) is 0 Å². The average Bonchev–Trinajstić information content (AvgIpc) is 3.18. The van der Waals surface area contributed by atoms with E-state index >= 15 is 0 Å². The number of carbonyl (C=O) groups excluding carboxylic acids is 1. The van der Waals surface area contributed by atoms with E-state index in [-0.39, 0.29) is 23.6 Å². The summed E-state index contributed by atoms with van der Waals surface area (Å²) >= 11 is 1.43. The number of benzene rings is 2. The lowest BCUT2D eigenvalue weighted by Gasteiger charge is -2.15. The SMILES string of the molecule is COc1cn(CC(=O)Nc2cccc3ccccc23)c(CSc2nncn2C)cc1=O. The van der Waals surface area contributed by atoms with Gasteiger partial charge in [-0.3, -0.25) is 9.59 Å². The maximum atomic E-state index is 12.9. The second kappa shape index (κ2) is 9.05. The third kappa shape index (κ3) is 4.61. The first-order chi connectivity index (χ1) is 15.0. The largest absolute Gasteiger partial charge is 0.491 e. The molecule has 9 heteroatoms. The molecule has 0 saturated heterocycles. The molecule has 0 bridgehead atoms. The van der Waals surface area contributed by atoms with Crippen molar-refractivity contribution >= 4 is 34.1 Å². The fourth-order valence-corrected chi connectivity index (χ4v) is 4.12. The van der Waals surface area contributed by atoms with Crippen LogP contribution in [0.2, 0.25) is 0 Å². The molecule has 2 aromatic carbocycles. The first-order valence-electron chi connectivity index (χ1n) is 9.57. The number of hydrogen-bond acceptors (Lipinski definition) is 6. The van der Waals surface area contributed by atoms with Gasteiger partial charge in [0.2, 0.25) is 11.3 Å². The number of nitrogens with zero attached hydrogens (tertiary/aromatic N) is 4. The molecule has 0 aliphatic heterocycles. The summed E-state index contributed by atoms with van der Waals surface area (Å²) in [7, 11) is 3.28. The molecule has 1 amide bonds. The van der Waals surface area contributed by atoms with Crippen molar-refractivity contribution < 1.29 is 9.53 Å². The lowest BCUT2D eigenvalue weighted by molar-refractivity contribution is -0.116. The Morgan fingerprint density at radius 1 is 1.19 bits per heavy atom. The van der Waals surface area contributed by atoms with E-state index in [9.17, 15) is 9.59 Å². The third-order valence-electron chi connectivity index (χ3n) is 4.80. The quantitative estimate of drug-likeness (QED) is 0.449. The number of anilines is 1. The molecule has 0 radical (unpaired) electrons. The van der Waals surface area contributed by atoms with E-state index in [4.69, 9.17) is 4.74 Å². The van der Waals surface area contributed by atoms with Crippen molar-refractivity contribution in [2.24, 2.45) is 7.05 Å². The highest BCUT2D eigenvalue weighted by Crippen LogP contribution is 2.24. The Hall–Kier alpha value is -3.59. The lowest BCUT2D eigenvalue weighted by atomic mass is 10.1. The Kier molecular flexibility index (Phi) is 6.03. The Balaban J connectivity index is 1.57. The van der Waals surface area contributed by atoms with Crippen LogP contribution in [0, 0.1) is 0 Å². The molecule has 0 aliphatic carbocycles. The van der Waals surface area contributed by atoms with E-state index in [1.807, 2.05) is 49.5 Å². The Labute approximate surface area is 182 Å². The molecular formula is C22H21N5O3S. The van der Waals surface area contributed by atoms with Crippen molar-refractivity contribution in [3.05, 3.63) is 77.0 Å². The number of amides is 1. The van der Waals surface area contributed by atoms with Gasteiger partial charge in [-0.25, -0.2) is 0 Å². The van der Waals surface area contributed by atoms with Gasteiger partial charge in [-0.15, -0.1) is 10.2 Å². The summed E-state index contributed by atoms with van der Waals surface area (Å²) in [6.45, 7) is 0.0363. The van der Waals surface area contributed by atoms with Gasteiger partial charge in [-0.2, -0.15) is 0 Å². The van der Waals surface area contributed by atoms with Gasteiger partial charge in [0.25, 0.3) is 0 Å². The zero-order valence-electron chi connectivity index (χ0n) is 17.1. The van der Waals surface area contributed by atoms with Gasteiger partial charge in [-0.05, 0) is 11.5 Å². The third-order valence-corrected chi connectivity index (χ3v) is 5.87. The van der Waals surface area contributed by atoms with Crippen LogP contribution >= 0.6 is 11.8 Å². The van der Waals surface area contributed by atoms with Gasteiger partial charge in [-0.1, -0.05) is 48.2 Å². The van der Waals surface area contributed by atoms with Crippen molar-refractivity contribution in [1.29, 1.82) is 0 Å². The van der Waals surface area contributed by atoms with E-state index in [0.29, 0.717) is 11.4 Å². The van der Waals surface area contributed by atoms with E-state index < -0.39 is 0 Å². The van der Waals surface area contributed by atoms with E-state index in [2.05, 4.69) is 15.5 Å². The molecule has 8 nitrogen and oxygen atoms in total. The summed E-state index contributed by atoms with van der Waals surface area (Å²) < 4.78 is 8.69. The molecule has 0 aliphatic rings. The second-order valence-corrected chi connectivity index (χ2v) is 7.86. The topological polar surface area (TPSA) is 91.0 Å². The van der Waals surface area contributed by atoms with Gasteiger partial charge in [0, 0.05) is 35.6 Å². The number of pyridine rings is 1. The number of rotatable bonds is 7. The van der Waals surface area contributed by atoms with Crippen LogP contribution in [0.5, 0.6) is 5.75 Å². The average molecular weight is 436 g/mol. The Bertz CT molecular complexity index is 1290. The highest BCUT2D eigenvalue weighted by molar-refractivity contribution is 7.98. The normalized spacial score (nSPS) is 10.9. The summed E-state index contributed by atoms with van der Waals surface area (Å²) in [5.74, 6) is 0.435. The molecule has 0 atom stereocenters. The summed E-state index contributed by atoms with van der Waals surface area (Å²) in [6, 6.07) is 15.1. The van der Waals surface area contributed by atoms with Crippen LogP contribution in [0.4, 0.5) is 5.69 Å². The maximum Gasteiger partial charge on any atom is 0.244 e. The monoisotopic (exact) mass is 435 g/mol. The van der Waals surface area contributed by atoms with Crippen LogP contribution in [0.3, 0.4) is 0 Å². The van der Waals surface area contributed by atoms with E-state index in [1.54, 1.807) is 21.7 Å². The molecule has 0 saturated carbocycles. The minimum atomic E-state index is -0.234. The molecule has 0 fully saturated rings. The van der Waals surface area contributed by atoms with Crippen molar-refractivity contribution in [2.45, 2.75) is 17.5 Å². The van der Waals surface area contributed by atoms with Gasteiger partial charge in [0.1, 0.15) is 12.9 Å². The van der Waals surface area contributed by atoms with Crippen LogP contribution < -0.4 is 15.5 Å². The molecule has 158 valence electrons. The zero-order valence-corrected chi connectivity index (χ0v) is 17.9. The number of aryl methyl sites for hydroxylation is 1. The van der Waals surface area contributed by atoms with Gasteiger partial charge in [0.05, 0.1) is 13.3 Å². The predicted molar refractivity (Wildman–Crippen MR) is 120 cm³/mol. The number of carbonyl (C=O) groups is 1. The first-order valence-corrected chi connectivity index (χ1v) is 10.6. The Morgan fingerprint density at radius 3 is 2.77 bits per heavy atom. The molecule has 2 heterocycles. The molecular weight excluding hydrogens is 414 g/mol. The number of aromatic nitrogens is 4. The summed E-state index contributed by atoms with van der Waals surface area (Å²) in [5.41, 5.74) is 1.19. The highest BCUT2D eigenvalue weighted by atomic mass is 32.2. The number of nitrogens with one attached hydrogen (secondary N) is 1. The summed E-state index contributed by atoms with van der Waals surface area (Å²) in [4.78, 5) is 25.2. The van der Waals surface area contributed by atoms with Crippen LogP contribution in [0.25, 0.3) is 10.8 Å². The number of thioether (sulfide) groups is 1. The minimum Gasteiger partial charge on any atom is -0.491 e.